The van der Waals surface area contributed by atoms with Crippen molar-refractivity contribution >= 4 is 44.7 Å². The molecule has 32 heavy (non-hydrogen) atoms. The zero-order valence-electron chi connectivity index (χ0n) is 18.3. The van der Waals surface area contributed by atoms with Gasteiger partial charge in [0.05, 0.1) is 11.8 Å². The Morgan fingerprint density at radius 2 is 1.72 bits per heavy atom. The quantitative estimate of drug-likeness (QED) is 0.429. The van der Waals surface area contributed by atoms with Gasteiger partial charge in [-0.15, -0.1) is 0 Å². The highest BCUT2D eigenvalue weighted by atomic mass is 79.9. The molecular formula is C26H27BrN4S. The van der Waals surface area contributed by atoms with Gasteiger partial charge >= 0.3 is 0 Å². The fourth-order valence-corrected chi connectivity index (χ4v) is 4.34. The van der Waals surface area contributed by atoms with Crippen LogP contribution in [-0.2, 0) is 6.42 Å². The van der Waals surface area contributed by atoms with Gasteiger partial charge < -0.3 is 10.2 Å². The molecule has 3 aromatic rings. The second-order valence-electron chi connectivity index (χ2n) is 8.07. The predicted molar refractivity (Wildman–Crippen MR) is 141 cm³/mol. The van der Waals surface area contributed by atoms with E-state index < -0.39 is 0 Å². The topological polar surface area (TPSA) is 30.9 Å². The molecule has 0 amide bonds. The third-order valence-electron chi connectivity index (χ3n) is 5.62. The summed E-state index contributed by atoms with van der Waals surface area (Å²) >= 11 is 9.31. The molecule has 1 aliphatic rings. The van der Waals surface area contributed by atoms with Gasteiger partial charge in [-0.05, 0) is 59.6 Å². The minimum absolute atomic E-state index is 0.0709. The van der Waals surface area contributed by atoms with Crippen LogP contribution in [0, 0.1) is 0 Å². The normalized spacial score (nSPS) is 15.4. The van der Waals surface area contributed by atoms with Crippen LogP contribution in [0.3, 0.4) is 0 Å². The Labute approximate surface area is 204 Å². The highest BCUT2D eigenvalue weighted by molar-refractivity contribution is 9.10. The lowest BCUT2D eigenvalue weighted by Crippen LogP contribution is -2.37. The number of benzene rings is 3. The lowest BCUT2D eigenvalue weighted by Gasteiger charge is -2.25. The van der Waals surface area contributed by atoms with Gasteiger partial charge in [0.25, 0.3) is 0 Å². The molecule has 0 saturated heterocycles. The summed E-state index contributed by atoms with van der Waals surface area (Å²) in [5, 5.41) is 11.0. The van der Waals surface area contributed by atoms with Crippen molar-refractivity contribution in [3.63, 3.8) is 0 Å². The summed E-state index contributed by atoms with van der Waals surface area (Å²) in [4.78, 5) is 2.11. The van der Waals surface area contributed by atoms with Crippen molar-refractivity contribution < 1.29 is 0 Å². The Morgan fingerprint density at radius 1 is 1.03 bits per heavy atom. The fourth-order valence-electron chi connectivity index (χ4n) is 3.81. The van der Waals surface area contributed by atoms with E-state index in [1.165, 1.54) is 16.8 Å². The summed E-state index contributed by atoms with van der Waals surface area (Å²) in [5.41, 5.74) is 5.85. The van der Waals surface area contributed by atoms with E-state index >= 15 is 0 Å². The summed E-state index contributed by atoms with van der Waals surface area (Å²) in [6.45, 7) is 0.773. The van der Waals surface area contributed by atoms with Crippen molar-refractivity contribution in [3.05, 3.63) is 100 Å². The maximum atomic E-state index is 5.79. The number of thiocarbonyl (C=S) groups is 1. The standard InChI is InChI=1S/C26H27BrN4S/c1-30(2)23-14-10-21(11-15-23)25-18-24(20-8-12-22(27)13-9-20)29-31(25)26(32)28-17-16-19-6-4-3-5-7-19/h3-15,25H,16-18H2,1-2H3,(H,28,32)/t25-/m1/s1. The molecule has 0 radical (unpaired) electrons. The van der Waals surface area contributed by atoms with E-state index in [4.69, 9.17) is 17.3 Å². The fraction of sp³-hybridized carbons (Fsp3) is 0.231. The minimum atomic E-state index is 0.0709. The Bertz CT molecular complexity index is 1080. The van der Waals surface area contributed by atoms with Crippen molar-refractivity contribution in [2.24, 2.45) is 5.10 Å². The van der Waals surface area contributed by atoms with E-state index in [1.807, 2.05) is 11.1 Å². The van der Waals surface area contributed by atoms with E-state index in [0.29, 0.717) is 5.11 Å². The van der Waals surface area contributed by atoms with Gasteiger partial charge in [0, 0.05) is 37.2 Å². The van der Waals surface area contributed by atoms with Crippen molar-refractivity contribution in [1.29, 1.82) is 0 Å². The summed E-state index contributed by atoms with van der Waals surface area (Å²) in [7, 11) is 4.11. The number of halogens is 1. The van der Waals surface area contributed by atoms with Gasteiger partial charge in [0.15, 0.2) is 5.11 Å². The molecule has 6 heteroatoms. The highest BCUT2D eigenvalue weighted by Crippen LogP contribution is 2.33. The first kappa shape index (κ1) is 22.5. The second kappa shape index (κ2) is 10.3. The largest absolute Gasteiger partial charge is 0.378 e. The van der Waals surface area contributed by atoms with Crippen LogP contribution in [0.2, 0.25) is 0 Å². The van der Waals surface area contributed by atoms with Gasteiger partial charge in [-0.3, -0.25) is 0 Å². The Kier molecular flexibility index (Phi) is 7.22. The van der Waals surface area contributed by atoms with Crippen LogP contribution in [0.4, 0.5) is 5.69 Å². The molecule has 1 atom stereocenters. The zero-order valence-corrected chi connectivity index (χ0v) is 20.7. The molecule has 1 heterocycles. The molecule has 1 aliphatic heterocycles. The predicted octanol–water partition coefficient (Wildman–Crippen LogP) is 5.78. The van der Waals surface area contributed by atoms with Gasteiger partial charge in [-0.25, -0.2) is 5.01 Å². The third-order valence-corrected chi connectivity index (χ3v) is 6.48. The number of nitrogens with one attached hydrogen (secondary N) is 1. The van der Waals surface area contributed by atoms with Crippen molar-refractivity contribution in [1.82, 2.24) is 10.3 Å². The first-order valence-electron chi connectivity index (χ1n) is 10.7. The Hall–Kier alpha value is -2.70. The number of nitrogens with zero attached hydrogens (tertiary/aromatic N) is 3. The lowest BCUT2D eigenvalue weighted by molar-refractivity contribution is 0.364. The van der Waals surface area contributed by atoms with Crippen LogP contribution in [0.25, 0.3) is 0 Å². The molecule has 164 valence electrons. The van der Waals surface area contributed by atoms with E-state index in [1.54, 1.807) is 0 Å². The number of hydrogen-bond donors (Lipinski definition) is 1. The molecular weight excluding hydrogens is 480 g/mol. The molecule has 0 saturated carbocycles. The van der Waals surface area contributed by atoms with Crippen molar-refractivity contribution in [2.45, 2.75) is 18.9 Å². The molecule has 0 aromatic heterocycles. The Morgan fingerprint density at radius 3 is 2.38 bits per heavy atom. The maximum absolute atomic E-state index is 5.79. The number of hydrogen-bond acceptors (Lipinski definition) is 3. The van der Waals surface area contributed by atoms with Gasteiger partial charge in [0.1, 0.15) is 0 Å². The van der Waals surface area contributed by atoms with E-state index in [9.17, 15) is 0 Å². The molecule has 0 fully saturated rings. The van der Waals surface area contributed by atoms with Crippen LogP contribution in [0.15, 0.2) is 88.4 Å². The number of hydrazone groups is 1. The van der Waals surface area contributed by atoms with Gasteiger partial charge in [-0.1, -0.05) is 70.5 Å². The van der Waals surface area contributed by atoms with E-state index in [-0.39, 0.29) is 6.04 Å². The summed E-state index contributed by atoms with van der Waals surface area (Å²) in [5.74, 6) is 0. The van der Waals surface area contributed by atoms with E-state index in [0.717, 1.165) is 35.1 Å². The van der Waals surface area contributed by atoms with Crippen molar-refractivity contribution in [3.8, 4) is 0 Å². The van der Waals surface area contributed by atoms with Gasteiger partial charge in [-0.2, -0.15) is 5.10 Å². The summed E-state index contributed by atoms with van der Waals surface area (Å²) in [6.07, 6.45) is 1.73. The SMILES string of the molecule is CN(C)c1ccc([C@H]2CC(c3ccc(Br)cc3)=NN2C(=S)NCCc2ccccc2)cc1. The molecule has 1 N–H and O–H groups in total. The van der Waals surface area contributed by atoms with Crippen LogP contribution >= 0.6 is 28.1 Å². The van der Waals surface area contributed by atoms with Crippen LogP contribution in [0.1, 0.15) is 29.2 Å². The Balaban J connectivity index is 1.53. The molecule has 0 unspecified atom stereocenters. The number of rotatable bonds is 6. The molecule has 4 nitrogen and oxygen atoms in total. The van der Waals surface area contributed by atoms with Crippen LogP contribution in [0.5, 0.6) is 0 Å². The average molecular weight is 508 g/mol. The first-order chi connectivity index (χ1) is 15.5. The summed E-state index contributed by atoms with van der Waals surface area (Å²) in [6, 6.07) is 27.5. The third kappa shape index (κ3) is 5.37. The monoisotopic (exact) mass is 506 g/mol. The second-order valence-corrected chi connectivity index (χ2v) is 9.37. The summed E-state index contributed by atoms with van der Waals surface area (Å²) < 4.78 is 1.06. The molecule has 4 rings (SSSR count). The average Bonchev–Trinajstić information content (AvgIpc) is 3.26. The zero-order chi connectivity index (χ0) is 22.5. The molecule has 0 aliphatic carbocycles. The highest BCUT2D eigenvalue weighted by Gasteiger charge is 2.31. The van der Waals surface area contributed by atoms with Crippen LogP contribution < -0.4 is 10.2 Å². The molecule has 0 bridgehead atoms. The van der Waals surface area contributed by atoms with Crippen LogP contribution in [-0.4, -0.2) is 36.5 Å². The first-order valence-corrected chi connectivity index (χ1v) is 11.9. The van der Waals surface area contributed by atoms with E-state index in [2.05, 4.69) is 113 Å². The minimum Gasteiger partial charge on any atom is -0.378 e. The molecule has 3 aromatic carbocycles. The van der Waals surface area contributed by atoms with Crippen molar-refractivity contribution in [2.75, 3.05) is 25.5 Å². The van der Waals surface area contributed by atoms with Gasteiger partial charge in [0.2, 0.25) is 0 Å². The molecule has 0 spiro atoms. The smallest absolute Gasteiger partial charge is 0.190 e. The number of anilines is 1. The maximum Gasteiger partial charge on any atom is 0.190 e. The lowest BCUT2D eigenvalue weighted by atomic mass is 9.98.